The molecule has 0 saturated heterocycles. The number of nitrogens with two attached hydrogens (primary N) is 1. The molecule has 38 heavy (non-hydrogen) atoms. The normalized spacial score (nSPS) is 18.1. The van der Waals surface area contributed by atoms with E-state index in [2.05, 4.69) is 5.32 Å². The number of hydrogen-bond acceptors (Lipinski definition) is 3. The summed E-state index contributed by atoms with van der Waals surface area (Å²) in [5.41, 5.74) is 2.23. The average molecular weight is 597 g/mol. The van der Waals surface area contributed by atoms with Gasteiger partial charge in [-0.25, -0.2) is 13.2 Å². The molecule has 200 valence electrons. The van der Waals surface area contributed by atoms with Gasteiger partial charge in [-0.05, 0) is 48.0 Å². The van der Waals surface area contributed by atoms with Crippen LogP contribution in [0.2, 0.25) is 5.02 Å². The summed E-state index contributed by atoms with van der Waals surface area (Å²) in [5, 5.41) is 4.31. The number of rotatable bonds is 5. The number of amides is 2. The van der Waals surface area contributed by atoms with E-state index in [1.165, 1.54) is 12.1 Å². The van der Waals surface area contributed by atoms with E-state index >= 15 is 0 Å². The third-order valence-electron chi connectivity index (χ3n) is 5.83. The molecule has 3 aromatic carbocycles. The van der Waals surface area contributed by atoms with Crippen molar-refractivity contribution in [3.8, 4) is 0 Å². The van der Waals surface area contributed by atoms with Crippen molar-refractivity contribution < 1.29 is 35.9 Å². The summed E-state index contributed by atoms with van der Waals surface area (Å²) < 4.78 is 79.4. The van der Waals surface area contributed by atoms with Crippen LogP contribution in [0.1, 0.15) is 27.4 Å². The summed E-state index contributed by atoms with van der Waals surface area (Å²) in [6.45, 7) is 0. The minimum atomic E-state index is -4.98. The lowest BCUT2D eigenvalue weighted by Gasteiger charge is -2.12. The maximum absolute atomic E-state index is 14.2. The minimum Gasteiger partial charge on any atom is -0.396 e. The molecule has 2 amide bonds. The molecular formula is C24H14Cl3F6N3O2. The summed E-state index contributed by atoms with van der Waals surface area (Å²) in [4.78, 5) is 25.6. The van der Waals surface area contributed by atoms with Crippen LogP contribution in [0.5, 0.6) is 0 Å². The fourth-order valence-corrected chi connectivity index (χ4v) is 4.91. The van der Waals surface area contributed by atoms with Gasteiger partial charge in [-0.2, -0.15) is 13.2 Å². The van der Waals surface area contributed by atoms with E-state index in [-0.39, 0.29) is 21.8 Å². The summed E-state index contributed by atoms with van der Waals surface area (Å²) in [6, 6.07) is 7.60. The van der Waals surface area contributed by atoms with Crippen LogP contribution in [0.4, 0.5) is 43.4 Å². The predicted octanol–water partition coefficient (Wildman–Crippen LogP) is 7.14. The molecule has 1 fully saturated rings. The van der Waals surface area contributed by atoms with Crippen LogP contribution in [-0.4, -0.2) is 16.1 Å². The van der Waals surface area contributed by atoms with Gasteiger partial charge in [-0.3, -0.25) is 9.59 Å². The Labute approximate surface area is 225 Å². The SMILES string of the molecule is Nc1ccc(F)c(NC(=O)c2cc(NC(=O)[C@H]3[C@H](c4ccc(F)c(C(F)(F)F)c4)C3(Cl)Cl)ccc2Cl)c1F. The van der Waals surface area contributed by atoms with Crippen LogP contribution in [0, 0.1) is 23.4 Å². The molecule has 3 aromatic rings. The standard InChI is InChI=1S/C24H14Cl3F6N3O2/c25-13-3-2-10(8-11(13)21(37)36-20-15(29)5-6-16(34)19(20)30)35-22(38)18-17(23(18,26)27)9-1-4-14(28)12(7-9)24(31,32)33/h1-8,17-18H,34H2,(H,35,38)(H,36,37)/t17-,18+/m0/s1. The highest BCUT2D eigenvalue weighted by atomic mass is 35.5. The van der Waals surface area contributed by atoms with Gasteiger partial charge in [0.15, 0.2) is 5.82 Å². The molecule has 4 rings (SSSR count). The van der Waals surface area contributed by atoms with Crippen molar-refractivity contribution >= 4 is 63.7 Å². The Morgan fingerprint density at radius 2 is 1.58 bits per heavy atom. The van der Waals surface area contributed by atoms with Gasteiger partial charge in [-0.15, -0.1) is 23.2 Å². The molecule has 0 bridgehead atoms. The van der Waals surface area contributed by atoms with Crippen LogP contribution in [0.25, 0.3) is 0 Å². The summed E-state index contributed by atoms with van der Waals surface area (Å²) >= 11 is 18.4. The predicted molar refractivity (Wildman–Crippen MR) is 131 cm³/mol. The first-order valence-electron chi connectivity index (χ1n) is 10.5. The molecule has 2 atom stereocenters. The van der Waals surface area contributed by atoms with Crippen LogP contribution in [0.3, 0.4) is 0 Å². The zero-order valence-electron chi connectivity index (χ0n) is 18.6. The lowest BCUT2D eigenvalue weighted by Crippen LogP contribution is -2.19. The second-order valence-electron chi connectivity index (χ2n) is 8.33. The van der Waals surface area contributed by atoms with Crippen molar-refractivity contribution in [2.45, 2.75) is 16.4 Å². The molecule has 0 heterocycles. The first kappa shape index (κ1) is 27.9. The Morgan fingerprint density at radius 3 is 2.24 bits per heavy atom. The van der Waals surface area contributed by atoms with Crippen molar-refractivity contribution in [1.29, 1.82) is 0 Å². The third-order valence-corrected chi connectivity index (χ3v) is 7.10. The molecule has 1 aliphatic rings. The fraction of sp³-hybridized carbons (Fsp3) is 0.167. The van der Waals surface area contributed by atoms with Crippen LogP contribution >= 0.6 is 34.8 Å². The maximum Gasteiger partial charge on any atom is 0.419 e. The number of anilines is 3. The van der Waals surface area contributed by atoms with Crippen LogP contribution in [-0.2, 0) is 11.0 Å². The molecule has 0 radical (unpaired) electrons. The number of halogens is 9. The van der Waals surface area contributed by atoms with Gasteiger partial charge in [0.2, 0.25) is 5.91 Å². The Hall–Kier alpha value is -3.15. The van der Waals surface area contributed by atoms with E-state index in [1.807, 2.05) is 5.32 Å². The van der Waals surface area contributed by atoms with Gasteiger partial charge in [-0.1, -0.05) is 17.7 Å². The topological polar surface area (TPSA) is 84.2 Å². The summed E-state index contributed by atoms with van der Waals surface area (Å²) in [5.74, 6) is -7.98. The zero-order valence-corrected chi connectivity index (χ0v) is 20.8. The van der Waals surface area contributed by atoms with Crippen molar-refractivity contribution in [1.82, 2.24) is 0 Å². The van der Waals surface area contributed by atoms with Gasteiger partial charge in [0.05, 0.1) is 27.8 Å². The van der Waals surface area contributed by atoms with E-state index in [0.717, 1.165) is 24.3 Å². The van der Waals surface area contributed by atoms with Crippen molar-refractivity contribution in [2.24, 2.45) is 5.92 Å². The first-order valence-corrected chi connectivity index (χ1v) is 11.7. The summed E-state index contributed by atoms with van der Waals surface area (Å²) in [6.07, 6.45) is -4.98. The molecular weight excluding hydrogens is 583 g/mol. The first-order chi connectivity index (χ1) is 17.6. The minimum absolute atomic E-state index is 0.0112. The molecule has 5 nitrogen and oxygen atoms in total. The monoisotopic (exact) mass is 595 g/mol. The van der Waals surface area contributed by atoms with Gasteiger partial charge in [0.1, 0.15) is 21.7 Å². The van der Waals surface area contributed by atoms with Gasteiger partial charge in [0, 0.05) is 11.6 Å². The van der Waals surface area contributed by atoms with E-state index in [0.29, 0.717) is 12.1 Å². The number of hydrogen-bond donors (Lipinski definition) is 3. The van der Waals surface area contributed by atoms with E-state index < -0.39 is 68.5 Å². The molecule has 0 aromatic heterocycles. The zero-order chi connectivity index (χ0) is 28.2. The Balaban J connectivity index is 1.55. The third kappa shape index (κ3) is 5.23. The highest BCUT2D eigenvalue weighted by Crippen LogP contribution is 2.65. The molecule has 4 N–H and O–H groups in total. The number of carbonyl (C=O) groups is 2. The lowest BCUT2D eigenvalue weighted by molar-refractivity contribution is -0.140. The summed E-state index contributed by atoms with van der Waals surface area (Å²) in [7, 11) is 0. The molecule has 0 spiro atoms. The maximum atomic E-state index is 14.2. The molecule has 14 heteroatoms. The second kappa shape index (κ2) is 9.87. The van der Waals surface area contributed by atoms with E-state index in [1.54, 1.807) is 0 Å². The molecule has 0 unspecified atom stereocenters. The van der Waals surface area contributed by atoms with Gasteiger partial charge < -0.3 is 16.4 Å². The average Bonchev–Trinajstić information content (AvgIpc) is 3.41. The Bertz CT molecular complexity index is 1470. The van der Waals surface area contributed by atoms with Gasteiger partial charge >= 0.3 is 6.18 Å². The highest BCUT2D eigenvalue weighted by Gasteiger charge is 2.67. The van der Waals surface area contributed by atoms with Crippen molar-refractivity contribution in [2.75, 3.05) is 16.4 Å². The fourth-order valence-electron chi connectivity index (χ4n) is 3.88. The Morgan fingerprint density at radius 1 is 0.921 bits per heavy atom. The van der Waals surface area contributed by atoms with Crippen molar-refractivity contribution in [3.05, 3.63) is 87.7 Å². The van der Waals surface area contributed by atoms with Crippen LogP contribution < -0.4 is 16.4 Å². The van der Waals surface area contributed by atoms with Crippen molar-refractivity contribution in [3.63, 3.8) is 0 Å². The molecule has 0 aliphatic heterocycles. The number of benzene rings is 3. The number of alkyl halides is 5. The Kier molecular flexibility index (Phi) is 7.24. The lowest BCUT2D eigenvalue weighted by atomic mass is 10.0. The van der Waals surface area contributed by atoms with E-state index in [4.69, 9.17) is 40.5 Å². The van der Waals surface area contributed by atoms with Crippen LogP contribution in [0.15, 0.2) is 48.5 Å². The highest BCUT2D eigenvalue weighted by molar-refractivity contribution is 6.53. The number of nitrogen functional groups attached to an aromatic ring is 1. The van der Waals surface area contributed by atoms with Gasteiger partial charge in [0.25, 0.3) is 5.91 Å². The largest absolute Gasteiger partial charge is 0.419 e. The quantitative estimate of drug-likeness (QED) is 0.166. The molecule has 1 aliphatic carbocycles. The number of nitrogens with one attached hydrogen (secondary N) is 2. The number of carbonyl (C=O) groups excluding carboxylic acids is 2. The smallest absolute Gasteiger partial charge is 0.396 e. The van der Waals surface area contributed by atoms with E-state index in [9.17, 15) is 35.9 Å². The molecule has 1 saturated carbocycles. The second-order valence-corrected chi connectivity index (χ2v) is 10.2.